The molecule has 24 heavy (non-hydrogen) atoms. The summed E-state index contributed by atoms with van der Waals surface area (Å²) in [5.74, 6) is 1.25. The highest BCUT2D eigenvalue weighted by molar-refractivity contribution is 7.98. The van der Waals surface area contributed by atoms with E-state index in [0.717, 1.165) is 27.4 Å². The third-order valence-electron chi connectivity index (χ3n) is 3.43. The third-order valence-corrected chi connectivity index (χ3v) is 4.57. The van der Waals surface area contributed by atoms with Crippen molar-refractivity contribution in [1.82, 2.24) is 25.2 Å². The monoisotopic (exact) mass is 357 g/mol. The van der Waals surface area contributed by atoms with E-state index in [-0.39, 0.29) is 0 Å². The lowest BCUT2D eigenvalue weighted by Gasteiger charge is -1.98. The number of rotatable bonds is 5. The van der Waals surface area contributed by atoms with Crippen molar-refractivity contribution in [3.8, 4) is 0 Å². The SMILES string of the molecule is Clc1ccc(CSc2nnc(Cn3nnc4ccccc43)o2)cc1. The molecule has 6 nitrogen and oxygen atoms in total. The minimum atomic E-state index is 0.398. The van der Waals surface area contributed by atoms with Crippen LogP contribution in [0.5, 0.6) is 0 Å². The second-order valence-corrected chi connectivity index (χ2v) is 6.48. The predicted octanol–water partition coefficient (Wildman–Crippen LogP) is 3.81. The molecule has 0 radical (unpaired) electrons. The molecular weight excluding hydrogens is 346 g/mol. The molecule has 0 fully saturated rings. The van der Waals surface area contributed by atoms with Crippen LogP contribution < -0.4 is 0 Å². The molecule has 4 rings (SSSR count). The van der Waals surface area contributed by atoms with Crippen molar-refractivity contribution in [2.75, 3.05) is 0 Å². The van der Waals surface area contributed by atoms with Crippen molar-refractivity contribution < 1.29 is 4.42 Å². The summed E-state index contributed by atoms with van der Waals surface area (Å²) in [6.07, 6.45) is 0. The van der Waals surface area contributed by atoms with Gasteiger partial charge in [-0.3, -0.25) is 0 Å². The third kappa shape index (κ3) is 3.27. The molecule has 0 aliphatic rings. The number of thioether (sulfide) groups is 1. The van der Waals surface area contributed by atoms with Crippen molar-refractivity contribution in [3.05, 3.63) is 65.0 Å². The van der Waals surface area contributed by atoms with Gasteiger partial charge >= 0.3 is 0 Å². The van der Waals surface area contributed by atoms with Gasteiger partial charge in [-0.15, -0.1) is 15.3 Å². The largest absolute Gasteiger partial charge is 0.414 e. The van der Waals surface area contributed by atoms with Crippen LogP contribution in [0, 0.1) is 0 Å². The number of nitrogens with zero attached hydrogens (tertiary/aromatic N) is 5. The van der Waals surface area contributed by atoms with Crippen LogP contribution in [0.25, 0.3) is 11.0 Å². The number of hydrogen-bond acceptors (Lipinski definition) is 6. The molecule has 0 saturated heterocycles. The van der Waals surface area contributed by atoms with Crippen molar-refractivity contribution >= 4 is 34.4 Å². The van der Waals surface area contributed by atoms with Crippen molar-refractivity contribution in [2.24, 2.45) is 0 Å². The average molecular weight is 358 g/mol. The van der Waals surface area contributed by atoms with E-state index in [1.54, 1.807) is 4.68 Å². The number of para-hydroxylation sites is 1. The van der Waals surface area contributed by atoms with Gasteiger partial charge in [0.25, 0.3) is 5.22 Å². The first-order chi connectivity index (χ1) is 11.8. The van der Waals surface area contributed by atoms with Crippen LogP contribution in [-0.4, -0.2) is 25.2 Å². The van der Waals surface area contributed by atoms with Gasteiger partial charge in [-0.2, -0.15) is 0 Å². The molecule has 120 valence electrons. The molecule has 2 heterocycles. The fourth-order valence-corrected chi connectivity index (χ4v) is 3.11. The van der Waals surface area contributed by atoms with Crippen molar-refractivity contribution in [3.63, 3.8) is 0 Å². The maximum Gasteiger partial charge on any atom is 0.276 e. The molecule has 0 saturated carbocycles. The van der Waals surface area contributed by atoms with Crippen LogP contribution in [0.4, 0.5) is 0 Å². The van der Waals surface area contributed by atoms with E-state index in [1.165, 1.54) is 11.8 Å². The molecule has 0 bridgehead atoms. The molecule has 0 N–H and O–H groups in total. The van der Waals surface area contributed by atoms with Crippen LogP contribution in [0.1, 0.15) is 11.5 Å². The van der Waals surface area contributed by atoms with Gasteiger partial charge in [-0.1, -0.05) is 52.8 Å². The number of halogens is 1. The molecule has 0 unspecified atom stereocenters. The number of benzene rings is 2. The molecule has 0 atom stereocenters. The number of fused-ring (bicyclic) bond motifs is 1. The minimum absolute atomic E-state index is 0.398. The van der Waals surface area contributed by atoms with Gasteiger partial charge in [0.2, 0.25) is 5.89 Å². The fourth-order valence-electron chi connectivity index (χ4n) is 2.25. The quantitative estimate of drug-likeness (QED) is 0.506. The summed E-state index contributed by atoms with van der Waals surface area (Å²) in [6, 6.07) is 15.5. The smallest absolute Gasteiger partial charge is 0.276 e. The number of aromatic nitrogens is 5. The number of hydrogen-bond donors (Lipinski definition) is 0. The van der Waals surface area contributed by atoms with E-state index >= 15 is 0 Å². The van der Waals surface area contributed by atoms with Crippen molar-refractivity contribution in [2.45, 2.75) is 17.5 Å². The summed E-state index contributed by atoms with van der Waals surface area (Å²) in [7, 11) is 0. The molecular formula is C16H12ClN5OS. The molecule has 2 aromatic heterocycles. The maximum atomic E-state index is 5.88. The lowest BCUT2D eigenvalue weighted by molar-refractivity contribution is 0.398. The summed E-state index contributed by atoms with van der Waals surface area (Å²) in [4.78, 5) is 0. The van der Waals surface area contributed by atoms with Crippen LogP contribution in [0.2, 0.25) is 5.02 Å². The summed E-state index contributed by atoms with van der Waals surface area (Å²) in [5.41, 5.74) is 2.92. The van der Waals surface area contributed by atoms with Gasteiger partial charge in [0, 0.05) is 10.8 Å². The van der Waals surface area contributed by atoms with Crippen LogP contribution >= 0.6 is 23.4 Å². The zero-order valence-electron chi connectivity index (χ0n) is 12.5. The van der Waals surface area contributed by atoms with Crippen molar-refractivity contribution in [1.29, 1.82) is 0 Å². The van der Waals surface area contributed by atoms with E-state index in [2.05, 4.69) is 20.5 Å². The Hall–Kier alpha value is -2.38. The van der Waals surface area contributed by atoms with Gasteiger partial charge < -0.3 is 4.42 Å². The zero-order valence-corrected chi connectivity index (χ0v) is 14.0. The molecule has 0 aliphatic carbocycles. The summed E-state index contributed by atoms with van der Waals surface area (Å²) >= 11 is 7.37. The van der Waals surface area contributed by atoms with E-state index in [1.807, 2.05) is 48.5 Å². The summed E-state index contributed by atoms with van der Waals surface area (Å²) < 4.78 is 7.42. The predicted molar refractivity (Wildman–Crippen MR) is 91.9 cm³/mol. The lowest BCUT2D eigenvalue weighted by Crippen LogP contribution is -2.02. The second kappa shape index (κ2) is 6.62. The Morgan fingerprint density at radius 1 is 1.00 bits per heavy atom. The van der Waals surface area contributed by atoms with Gasteiger partial charge in [-0.25, -0.2) is 4.68 Å². The highest BCUT2D eigenvalue weighted by Gasteiger charge is 2.10. The summed E-state index contributed by atoms with van der Waals surface area (Å²) in [5, 5.41) is 17.6. The Bertz CT molecular complexity index is 966. The van der Waals surface area contributed by atoms with Gasteiger partial charge in [-0.05, 0) is 29.8 Å². The van der Waals surface area contributed by atoms with Gasteiger partial charge in [0.05, 0.1) is 5.52 Å². The Labute approximate surface area is 146 Å². The van der Waals surface area contributed by atoms with E-state index in [4.69, 9.17) is 16.0 Å². The Kier molecular flexibility index (Phi) is 4.18. The Morgan fingerprint density at radius 2 is 1.83 bits per heavy atom. The molecule has 0 spiro atoms. The summed E-state index contributed by atoms with van der Waals surface area (Å²) in [6.45, 7) is 0.398. The molecule has 2 aromatic carbocycles. The fraction of sp³-hybridized carbons (Fsp3) is 0.125. The van der Waals surface area contributed by atoms with E-state index in [0.29, 0.717) is 17.7 Å². The normalized spacial score (nSPS) is 11.2. The molecule has 0 aliphatic heterocycles. The first-order valence-electron chi connectivity index (χ1n) is 7.26. The van der Waals surface area contributed by atoms with Crippen LogP contribution in [0.3, 0.4) is 0 Å². The second-order valence-electron chi connectivity index (χ2n) is 5.11. The van der Waals surface area contributed by atoms with Crippen LogP contribution in [-0.2, 0) is 12.3 Å². The Morgan fingerprint density at radius 3 is 2.71 bits per heavy atom. The Balaban J connectivity index is 1.44. The first-order valence-corrected chi connectivity index (χ1v) is 8.62. The average Bonchev–Trinajstić information content (AvgIpc) is 3.22. The standard InChI is InChI=1S/C16H12ClN5OS/c17-12-7-5-11(6-8-12)10-24-16-20-19-15(23-16)9-22-14-4-2-1-3-13(14)18-21-22/h1-8H,9-10H2. The zero-order chi connectivity index (χ0) is 16.4. The highest BCUT2D eigenvalue weighted by Crippen LogP contribution is 2.23. The van der Waals surface area contributed by atoms with Crippen LogP contribution in [0.15, 0.2) is 58.2 Å². The topological polar surface area (TPSA) is 69.6 Å². The minimum Gasteiger partial charge on any atom is -0.414 e. The highest BCUT2D eigenvalue weighted by atomic mass is 35.5. The van der Waals surface area contributed by atoms with Gasteiger partial charge in [0.15, 0.2) is 0 Å². The first kappa shape index (κ1) is 15.2. The lowest BCUT2D eigenvalue weighted by atomic mass is 10.2. The van der Waals surface area contributed by atoms with Gasteiger partial charge in [0.1, 0.15) is 12.1 Å². The van der Waals surface area contributed by atoms with E-state index < -0.39 is 0 Å². The molecule has 4 aromatic rings. The maximum absolute atomic E-state index is 5.88. The van der Waals surface area contributed by atoms with E-state index in [9.17, 15) is 0 Å². The molecule has 8 heteroatoms. The molecule has 0 amide bonds.